The van der Waals surface area contributed by atoms with Crippen LogP contribution in [0.25, 0.3) is 10.1 Å². The summed E-state index contributed by atoms with van der Waals surface area (Å²) in [6, 6.07) is 5.86. The molecule has 1 aromatic carbocycles. The fourth-order valence-corrected chi connectivity index (χ4v) is 4.58. The molecule has 0 atom stereocenters. The van der Waals surface area contributed by atoms with Gasteiger partial charge in [0, 0.05) is 34.2 Å². The van der Waals surface area contributed by atoms with E-state index in [-0.39, 0.29) is 5.91 Å². The van der Waals surface area contributed by atoms with Gasteiger partial charge in [0.1, 0.15) is 4.88 Å². The largest absolute Gasteiger partial charge is 0.379 e. The molecule has 0 spiro atoms. The second-order valence-electron chi connectivity index (χ2n) is 5.45. The maximum atomic E-state index is 12.3. The van der Waals surface area contributed by atoms with Crippen LogP contribution in [0.4, 0.5) is 0 Å². The monoisotopic (exact) mass is 416 g/mol. The lowest BCUT2D eigenvalue weighted by Gasteiger charge is -2.26. The highest BCUT2D eigenvalue weighted by Crippen LogP contribution is 2.36. The summed E-state index contributed by atoms with van der Waals surface area (Å²) in [5.41, 5.74) is 0. The van der Waals surface area contributed by atoms with Crippen LogP contribution in [0.2, 0.25) is 5.02 Å². The molecule has 1 aliphatic rings. The van der Waals surface area contributed by atoms with E-state index in [1.807, 2.05) is 18.2 Å². The first kappa shape index (κ1) is 17.2. The van der Waals surface area contributed by atoms with Crippen molar-refractivity contribution in [2.24, 2.45) is 0 Å². The number of morpholine rings is 1. The van der Waals surface area contributed by atoms with E-state index < -0.39 is 0 Å². The number of amides is 1. The number of benzene rings is 1. The van der Waals surface area contributed by atoms with Crippen LogP contribution in [0.1, 0.15) is 16.1 Å². The van der Waals surface area contributed by atoms with E-state index in [1.165, 1.54) is 11.3 Å². The van der Waals surface area contributed by atoms with Gasteiger partial charge < -0.3 is 10.1 Å². The second-order valence-corrected chi connectivity index (χ2v) is 7.79. The van der Waals surface area contributed by atoms with Gasteiger partial charge in [-0.25, -0.2) is 0 Å². The summed E-state index contributed by atoms with van der Waals surface area (Å²) in [5.74, 6) is -0.0886. The summed E-state index contributed by atoms with van der Waals surface area (Å²) < 4.78 is 7.33. The number of rotatable bonds is 5. The van der Waals surface area contributed by atoms with Crippen LogP contribution in [0, 0.1) is 0 Å². The van der Waals surface area contributed by atoms with Gasteiger partial charge in [-0.1, -0.05) is 33.6 Å². The van der Waals surface area contributed by atoms with Gasteiger partial charge in [-0.2, -0.15) is 0 Å². The number of hydrogen-bond donors (Lipinski definition) is 1. The molecule has 0 bridgehead atoms. The van der Waals surface area contributed by atoms with Crippen molar-refractivity contribution in [1.82, 2.24) is 10.2 Å². The third-order valence-electron chi connectivity index (χ3n) is 3.84. The van der Waals surface area contributed by atoms with Gasteiger partial charge in [0.15, 0.2) is 0 Å². The average Bonchev–Trinajstić information content (AvgIpc) is 2.88. The van der Waals surface area contributed by atoms with E-state index in [0.717, 1.165) is 53.8 Å². The van der Waals surface area contributed by atoms with Crippen LogP contribution in [0.3, 0.4) is 0 Å². The molecule has 0 unspecified atom stereocenters. The predicted molar refractivity (Wildman–Crippen MR) is 98.7 cm³/mol. The number of carbonyl (C=O) groups excluding carboxylic acids is 1. The van der Waals surface area contributed by atoms with Crippen molar-refractivity contribution >= 4 is 54.9 Å². The minimum atomic E-state index is -0.0886. The first-order valence-corrected chi connectivity index (χ1v) is 9.60. The molecule has 1 N–H and O–H groups in total. The Bertz CT molecular complexity index is 701. The van der Waals surface area contributed by atoms with E-state index in [0.29, 0.717) is 16.4 Å². The lowest BCUT2D eigenvalue weighted by Crippen LogP contribution is -2.38. The summed E-state index contributed by atoms with van der Waals surface area (Å²) in [6.45, 7) is 5.20. The van der Waals surface area contributed by atoms with Crippen LogP contribution in [-0.2, 0) is 4.74 Å². The zero-order valence-corrected chi connectivity index (χ0v) is 15.8. The fourth-order valence-electron chi connectivity index (χ4n) is 2.59. The fraction of sp³-hybridized carbons (Fsp3) is 0.438. The number of thiophene rings is 1. The number of halogens is 2. The molecule has 7 heteroatoms. The summed E-state index contributed by atoms with van der Waals surface area (Å²) in [6.07, 6.45) is 0.930. The summed E-state index contributed by atoms with van der Waals surface area (Å²) in [7, 11) is 0. The molecule has 1 aliphatic heterocycles. The standard InChI is InChI=1S/C16H18BrClN2O2S/c17-11-2-3-12-13(10-11)23-15(14(12)18)16(21)19-4-1-5-20-6-8-22-9-7-20/h2-3,10H,1,4-9H2,(H,19,21). The molecule has 124 valence electrons. The quantitative estimate of drug-likeness (QED) is 0.753. The molecule has 2 heterocycles. The zero-order valence-electron chi connectivity index (χ0n) is 12.6. The van der Waals surface area contributed by atoms with Gasteiger partial charge in [0.25, 0.3) is 5.91 Å². The SMILES string of the molecule is O=C(NCCCN1CCOCC1)c1sc2cc(Br)ccc2c1Cl. The first-order chi connectivity index (χ1) is 11.1. The molecule has 1 aromatic heterocycles. The molecule has 3 rings (SSSR count). The van der Waals surface area contributed by atoms with Crippen LogP contribution in [-0.4, -0.2) is 50.2 Å². The average molecular weight is 418 g/mol. The van der Waals surface area contributed by atoms with Crippen LogP contribution in [0.5, 0.6) is 0 Å². The topological polar surface area (TPSA) is 41.6 Å². The molecule has 0 radical (unpaired) electrons. The molecular weight excluding hydrogens is 400 g/mol. The summed E-state index contributed by atoms with van der Waals surface area (Å²) >= 11 is 11.2. The minimum Gasteiger partial charge on any atom is -0.379 e. The minimum absolute atomic E-state index is 0.0886. The van der Waals surface area contributed by atoms with Crippen molar-refractivity contribution in [1.29, 1.82) is 0 Å². The van der Waals surface area contributed by atoms with Crippen molar-refractivity contribution in [3.05, 3.63) is 32.6 Å². The Labute approximate surface area is 152 Å². The molecule has 0 saturated carbocycles. The van der Waals surface area contributed by atoms with Crippen molar-refractivity contribution in [2.45, 2.75) is 6.42 Å². The Morgan fingerprint density at radius 3 is 2.96 bits per heavy atom. The van der Waals surface area contributed by atoms with E-state index in [9.17, 15) is 4.79 Å². The molecule has 1 saturated heterocycles. The third kappa shape index (κ3) is 4.25. The van der Waals surface area contributed by atoms with Gasteiger partial charge in [-0.15, -0.1) is 11.3 Å². The zero-order chi connectivity index (χ0) is 16.2. The Kier molecular flexibility index (Phi) is 5.93. The molecule has 1 fully saturated rings. The number of nitrogens with zero attached hydrogens (tertiary/aromatic N) is 1. The number of ether oxygens (including phenoxy) is 1. The van der Waals surface area contributed by atoms with E-state index >= 15 is 0 Å². The van der Waals surface area contributed by atoms with Gasteiger partial charge in [-0.3, -0.25) is 9.69 Å². The van der Waals surface area contributed by atoms with E-state index in [4.69, 9.17) is 16.3 Å². The molecular formula is C16H18BrClN2O2S. The number of fused-ring (bicyclic) bond motifs is 1. The van der Waals surface area contributed by atoms with E-state index in [1.54, 1.807) is 0 Å². The third-order valence-corrected chi connectivity index (χ3v) is 5.99. The van der Waals surface area contributed by atoms with Crippen molar-refractivity contribution in [3.8, 4) is 0 Å². The highest BCUT2D eigenvalue weighted by atomic mass is 79.9. The maximum absolute atomic E-state index is 12.3. The Hall–Kier alpha value is -0.660. The number of hydrogen-bond acceptors (Lipinski definition) is 4. The molecule has 23 heavy (non-hydrogen) atoms. The molecule has 1 amide bonds. The van der Waals surface area contributed by atoms with Gasteiger partial charge in [-0.05, 0) is 25.1 Å². The normalized spacial score (nSPS) is 15.9. The van der Waals surface area contributed by atoms with Crippen molar-refractivity contribution in [2.75, 3.05) is 39.4 Å². The highest BCUT2D eigenvalue weighted by molar-refractivity contribution is 9.10. The van der Waals surface area contributed by atoms with Crippen LogP contribution in [0.15, 0.2) is 22.7 Å². The first-order valence-electron chi connectivity index (χ1n) is 7.61. The number of carbonyl (C=O) groups is 1. The second kappa shape index (κ2) is 7.94. The van der Waals surface area contributed by atoms with Gasteiger partial charge in [0.2, 0.25) is 0 Å². The lowest BCUT2D eigenvalue weighted by atomic mass is 10.2. The van der Waals surface area contributed by atoms with Crippen LogP contribution >= 0.6 is 38.9 Å². The molecule has 0 aliphatic carbocycles. The molecule has 4 nitrogen and oxygen atoms in total. The Balaban J connectivity index is 1.54. The number of nitrogens with one attached hydrogen (secondary N) is 1. The van der Waals surface area contributed by atoms with Gasteiger partial charge in [0.05, 0.1) is 18.2 Å². The summed E-state index contributed by atoms with van der Waals surface area (Å²) in [4.78, 5) is 15.3. The van der Waals surface area contributed by atoms with Crippen molar-refractivity contribution in [3.63, 3.8) is 0 Å². The van der Waals surface area contributed by atoms with Gasteiger partial charge >= 0.3 is 0 Å². The summed E-state index contributed by atoms with van der Waals surface area (Å²) in [5, 5.41) is 4.45. The highest BCUT2D eigenvalue weighted by Gasteiger charge is 2.17. The predicted octanol–water partition coefficient (Wildman–Crippen LogP) is 3.77. The van der Waals surface area contributed by atoms with Crippen LogP contribution < -0.4 is 5.32 Å². The smallest absolute Gasteiger partial charge is 0.262 e. The Morgan fingerprint density at radius 2 is 2.17 bits per heavy atom. The van der Waals surface area contributed by atoms with E-state index in [2.05, 4.69) is 26.1 Å². The lowest BCUT2D eigenvalue weighted by molar-refractivity contribution is 0.0374. The Morgan fingerprint density at radius 1 is 1.39 bits per heavy atom. The van der Waals surface area contributed by atoms with Crippen molar-refractivity contribution < 1.29 is 9.53 Å². The maximum Gasteiger partial charge on any atom is 0.262 e. The molecule has 2 aromatic rings.